The molecule has 0 spiro atoms. The Hall–Kier alpha value is 0.155. The molecule has 1 rings (SSSR count). The largest absolute Gasteiger partial charge is 0.502 e. The molecule has 114 valence electrons. The van der Waals surface area contributed by atoms with Crippen LogP contribution in [0.25, 0.3) is 0 Å². The Kier molecular flexibility index (Phi) is 8.40. The van der Waals surface area contributed by atoms with E-state index in [9.17, 15) is 9.13 Å². The van der Waals surface area contributed by atoms with Crippen LogP contribution in [0.5, 0.6) is 0 Å². The second-order valence-corrected chi connectivity index (χ2v) is 5.96. The topological polar surface area (TPSA) is 89.5 Å². The van der Waals surface area contributed by atoms with Crippen molar-refractivity contribution in [1.29, 1.82) is 0 Å². The Balaban J connectivity index is 2.44. The Morgan fingerprint density at radius 3 is 2.75 bits per heavy atom. The summed E-state index contributed by atoms with van der Waals surface area (Å²) in [7, 11) is 2.51. The summed E-state index contributed by atoms with van der Waals surface area (Å²) in [5, 5.41) is 0. The van der Waals surface area contributed by atoms with E-state index in [0.29, 0.717) is 12.8 Å². The van der Waals surface area contributed by atoms with Gasteiger partial charge in [-0.3, -0.25) is 13.6 Å². The van der Waals surface area contributed by atoms with Gasteiger partial charge in [-0.15, -0.1) is 4.67 Å². The molecule has 8 nitrogen and oxygen atoms in total. The second kappa shape index (κ2) is 9.23. The molecule has 4 unspecified atom stereocenters. The van der Waals surface area contributed by atoms with E-state index >= 15 is 0 Å². The lowest BCUT2D eigenvalue weighted by atomic mass is 9.96. The fraction of sp³-hybridized carbons (Fsp3) is 1.00. The molecule has 1 fully saturated rings. The van der Waals surface area contributed by atoms with Crippen molar-refractivity contribution in [2.45, 2.75) is 38.0 Å². The smallest absolute Gasteiger partial charge is 0.382 e. The van der Waals surface area contributed by atoms with Crippen molar-refractivity contribution in [3.8, 4) is 0 Å². The Morgan fingerprint density at radius 1 is 1.45 bits per heavy atom. The van der Waals surface area contributed by atoms with Crippen molar-refractivity contribution in [1.82, 2.24) is 0 Å². The van der Waals surface area contributed by atoms with Gasteiger partial charge in [-0.2, -0.15) is 0 Å². The number of phosphoric ester groups is 1. The van der Waals surface area contributed by atoms with Gasteiger partial charge in [0.2, 0.25) is 0 Å². The summed E-state index contributed by atoms with van der Waals surface area (Å²) >= 11 is 0. The number of ether oxygens (including phenoxy) is 1. The van der Waals surface area contributed by atoms with E-state index < -0.39 is 28.6 Å². The molecule has 11 heteroatoms. The van der Waals surface area contributed by atoms with Crippen LogP contribution in [0.1, 0.15) is 19.8 Å². The molecule has 0 N–H and O–H groups in total. The third kappa shape index (κ3) is 6.29. The van der Waals surface area contributed by atoms with Crippen LogP contribution in [0.2, 0.25) is 0 Å². The summed E-state index contributed by atoms with van der Waals surface area (Å²) in [6.45, 7) is 1.96. The molecule has 1 aliphatic heterocycles. The third-order valence-corrected chi connectivity index (χ3v) is 4.14. The minimum absolute atomic E-state index is 0.0319. The minimum atomic E-state index is -3.87. The second-order valence-electron chi connectivity index (χ2n) is 4.04. The maximum absolute atomic E-state index is 12.3. The normalized spacial score (nSPS) is 29.6. The van der Waals surface area contributed by atoms with Gasteiger partial charge in [0.15, 0.2) is 0 Å². The van der Waals surface area contributed by atoms with Gasteiger partial charge >= 0.3 is 16.5 Å². The standard InChI is InChI=1S/C9H17BO8P2/c1-7-8(6-9(10)16-7)17-20(12,18-13-2)15-5-3-4-14-19-11/h7-9H,3-6H2,1-2H3. The maximum atomic E-state index is 12.3. The lowest BCUT2D eigenvalue weighted by Gasteiger charge is -2.21. The zero-order chi connectivity index (χ0) is 15.0. The number of hydrogen-bond acceptors (Lipinski definition) is 8. The average Bonchev–Trinajstić information content (AvgIpc) is 2.67. The first-order chi connectivity index (χ1) is 9.50. The molecule has 0 aromatic carbocycles. The average molecular weight is 326 g/mol. The fourth-order valence-electron chi connectivity index (χ4n) is 1.63. The van der Waals surface area contributed by atoms with Gasteiger partial charge < -0.3 is 4.74 Å². The quantitative estimate of drug-likeness (QED) is 0.198. The van der Waals surface area contributed by atoms with Gasteiger partial charge in [0, 0.05) is 6.00 Å². The van der Waals surface area contributed by atoms with E-state index in [2.05, 4.69) is 14.1 Å². The molecule has 2 radical (unpaired) electrons. The van der Waals surface area contributed by atoms with Crippen LogP contribution in [-0.4, -0.2) is 46.4 Å². The number of rotatable bonds is 10. The first-order valence-corrected chi connectivity index (χ1v) is 8.21. The highest BCUT2D eigenvalue weighted by Crippen LogP contribution is 2.52. The van der Waals surface area contributed by atoms with Gasteiger partial charge in [-0.1, -0.05) is 0 Å². The predicted octanol–water partition coefficient (Wildman–Crippen LogP) is 1.99. The summed E-state index contributed by atoms with van der Waals surface area (Å²) in [4.78, 5) is 4.39. The molecule has 1 aliphatic rings. The Morgan fingerprint density at radius 2 is 2.20 bits per heavy atom. The molecule has 0 amide bonds. The lowest BCUT2D eigenvalue weighted by molar-refractivity contribution is -0.204. The van der Waals surface area contributed by atoms with Gasteiger partial charge in [0.05, 0.1) is 32.5 Å². The van der Waals surface area contributed by atoms with Crippen molar-refractivity contribution in [3.63, 3.8) is 0 Å². The van der Waals surface area contributed by atoms with E-state index in [1.807, 2.05) is 0 Å². The van der Waals surface area contributed by atoms with Crippen LogP contribution >= 0.6 is 16.5 Å². The van der Waals surface area contributed by atoms with E-state index in [1.54, 1.807) is 6.92 Å². The summed E-state index contributed by atoms with van der Waals surface area (Å²) in [5.74, 6) is 0. The molecular weight excluding hydrogens is 309 g/mol. The van der Waals surface area contributed by atoms with Crippen LogP contribution in [0.4, 0.5) is 0 Å². The van der Waals surface area contributed by atoms with Gasteiger partial charge in [-0.05, 0) is 19.8 Å². The molecule has 1 heterocycles. The van der Waals surface area contributed by atoms with Crippen molar-refractivity contribution in [3.05, 3.63) is 0 Å². The minimum Gasteiger partial charge on any atom is -0.382 e. The lowest BCUT2D eigenvalue weighted by Crippen LogP contribution is -2.21. The first-order valence-electron chi connectivity index (χ1n) is 6.02. The van der Waals surface area contributed by atoms with Crippen LogP contribution in [-0.2, 0) is 37.0 Å². The van der Waals surface area contributed by atoms with Crippen molar-refractivity contribution in [2.24, 2.45) is 0 Å². The van der Waals surface area contributed by atoms with E-state index in [-0.39, 0.29) is 19.3 Å². The molecule has 4 atom stereocenters. The van der Waals surface area contributed by atoms with Crippen LogP contribution in [0.3, 0.4) is 0 Å². The van der Waals surface area contributed by atoms with E-state index in [1.165, 1.54) is 7.11 Å². The molecule has 0 bridgehead atoms. The van der Waals surface area contributed by atoms with Gasteiger partial charge in [0.1, 0.15) is 7.85 Å². The molecule has 20 heavy (non-hydrogen) atoms. The summed E-state index contributed by atoms with van der Waals surface area (Å²) < 4.78 is 47.1. The monoisotopic (exact) mass is 326 g/mol. The molecule has 1 saturated heterocycles. The summed E-state index contributed by atoms with van der Waals surface area (Å²) in [5.41, 5.74) is 0. The third-order valence-electron chi connectivity index (χ3n) is 2.49. The molecule has 0 aromatic heterocycles. The predicted molar refractivity (Wildman–Crippen MR) is 69.4 cm³/mol. The SMILES string of the molecule is [B]C1CC(OP(=O)(OCCCOP=O)OOC)C(C)O1. The molecule has 0 saturated carbocycles. The molecular formula is C9H17BO8P2. The van der Waals surface area contributed by atoms with Crippen molar-refractivity contribution < 1.29 is 37.0 Å². The van der Waals surface area contributed by atoms with Crippen molar-refractivity contribution in [2.75, 3.05) is 20.3 Å². The van der Waals surface area contributed by atoms with Crippen LogP contribution in [0, 0.1) is 0 Å². The van der Waals surface area contributed by atoms with E-state index in [4.69, 9.17) is 21.6 Å². The first kappa shape index (κ1) is 18.2. The van der Waals surface area contributed by atoms with E-state index in [0.717, 1.165) is 0 Å². The number of hydrogen-bond donors (Lipinski definition) is 0. The fourth-order valence-corrected chi connectivity index (χ4v) is 3.10. The van der Waals surface area contributed by atoms with Crippen LogP contribution < -0.4 is 0 Å². The van der Waals surface area contributed by atoms with Gasteiger partial charge in [0.25, 0.3) is 0 Å². The number of phosphoric acid groups is 1. The van der Waals surface area contributed by atoms with Crippen LogP contribution in [0.15, 0.2) is 0 Å². The summed E-state index contributed by atoms with van der Waals surface area (Å²) in [6.07, 6.45) is -0.0987. The zero-order valence-corrected chi connectivity index (χ0v) is 13.1. The highest BCUT2D eigenvalue weighted by atomic mass is 31.2. The Bertz CT molecular complexity index is 344. The summed E-state index contributed by atoms with van der Waals surface area (Å²) in [6, 6.07) is -0.476. The van der Waals surface area contributed by atoms with Crippen molar-refractivity contribution >= 4 is 24.4 Å². The molecule has 0 aliphatic carbocycles. The highest BCUT2D eigenvalue weighted by Gasteiger charge is 2.39. The Labute approximate surface area is 120 Å². The molecule has 0 aromatic rings. The highest BCUT2D eigenvalue weighted by molar-refractivity contribution is 7.48. The van der Waals surface area contributed by atoms with Gasteiger partial charge in [-0.25, -0.2) is 14.0 Å². The maximum Gasteiger partial charge on any atom is 0.502 e. The zero-order valence-electron chi connectivity index (χ0n) is 11.3.